The fraction of sp³-hybridized carbons (Fsp3) is 0.538. The van der Waals surface area contributed by atoms with E-state index in [4.69, 9.17) is 5.73 Å². The van der Waals surface area contributed by atoms with Crippen molar-refractivity contribution in [3.05, 3.63) is 29.8 Å². The van der Waals surface area contributed by atoms with Crippen LogP contribution in [0.5, 0.6) is 0 Å². The van der Waals surface area contributed by atoms with Gasteiger partial charge in [-0.05, 0) is 50.7 Å². The number of nitrogens with zero attached hydrogens (tertiary/aromatic N) is 1. The van der Waals surface area contributed by atoms with Crippen LogP contribution >= 0.6 is 12.4 Å². The van der Waals surface area contributed by atoms with Gasteiger partial charge in [0.25, 0.3) is 0 Å². The first-order chi connectivity index (χ1) is 7.74. The Balaban J connectivity index is 0.00000144. The first-order valence-corrected chi connectivity index (χ1v) is 6.00. The SMILES string of the molecule is CN1CCC(NCc2ccc(N)cc2)CC1.Cl. The van der Waals surface area contributed by atoms with Gasteiger partial charge in [-0.3, -0.25) is 0 Å². The average molecular weight is 256 g/mol. The Bertz CT molecular complexity index is 318. The second-order valence-electron chi connectivity index (χ2n) is 4.70. The van der Waals surface area contributed by atoms with Crippen molar-refractivity contribution in [2.24, 2.45) is 0 Å². The predicted octanol–water partition coefficient (Wildman–Crippen LogP) is 1.87. The minimum absolute atomic E-state index is 0. The molecule has 0 aliphatic carbocycles. The molecule has 1 fully saturated rings. The number of hydrogen-bond donors (Lipinski definition) is 2. The molecule has 3 nitrogen and oxygen atoms in total. The van der Waals surface area contributed by atoms with Gasteiger partial charge < -0.3 is 16.0 Å². The minimum Gasteiger partial charge on any atom is -0.399 e. The van der Waals surface area contributed by atoms with E-state index in [1.54, 1.807) is 0 Å². The number of likely N-dealkylation sites (tertiary alicyclic amines) is 1. The van der Waals surface area contributed by atoms with E-state index < -0.39 is 0 Å². The third-order valence-corrected chi connectivity index (χ3v) is 3.29. The molecule has 0 unspecified atom stereocenters. The van der Waals surface area contributed by atoms with Gasteiger partial charge in [-0.1, -0.05) is 12.1 Å². The second kappa shape index (κ2) is 6.84. The molecule has 1 heterocycles. The van der Waals surface area contributed by atoms with Crippen molar-refractivity contribution in [3.8, 4) is 0 Å². The number of benzene rings is 1. The molecule has 0 atom stereocenters. The molecule has 0 spiro atoms. The summed E-state index contributed by atoms with van der Waals surface area (Å²) in [6.07, 6.45) is 2.51. The summed E-state index contributed by atoms with van der Waals surface area (Å²) in [6, 6.07) is 8.79. The van der Waals surface area contributed by atoms with Crippen LogP contribution < -0.4 is 11.1 Å². The smallest absolute Gasteiger partial charge is 0.0314 e. The topological polar surface area (TPSA) is 41.3 Å². The maximum Gasteiger partial charge on any atom is 0.0314 e. The van der Waals surface area contributed by atoms with E-state index in [-0.39, 0.29) is 12.4 Å². The molecule has 4 heteroatoms. The molecule has 0 radical (unpaired) electrons. The summed E-state index contributed by atoms with van der Waals surface area (Å²) in [7, 11) is 2.19. The van der Waals surface area contributed by atoms with Crippen molar-refractivity contribution < 1.29 is 0 Å². The molecule has 0 bridgehead atoms. The van der Waals surface area contributed by atoms with Gasteiger partial charge in [-0.25, -0.2) is 0 Å². The van der Waals surface area contributed by atoms with Crippen molar-refractivity contribution in [3.63, 3.8) is 0 Å². The summed E-state index contributed by atoms with van der Waals surface area (Å²) in [5.41, 5.74) is 7.80. The maximum absolute atomic E-state index is 5.65. The molecule has 1 aromatic carbocycles. The summed E-state index contributed by atoms with van der Waals surface area (Å²) in [5.74, 6) is 0. The molecule has 1 aliphatic rings. The van der Waals surface area contributed by atoms with E-state index in [2.05, 4.69) is 29.4 Å². The van der Waals surface area contributed by atoms with E-state index >= 15 is 0 Å². The Hall–Kier alpha value is -0.770. The Labute approximate surface area is 110 Å². The van der Waals surface area contributed by atoms with Crippen molar-refractivity contribution in [2.45, 2.75) is 25.4 Å². The maximum atomic E-state index is 5.65. The molecule has 0 aromatic heterocycles. The molecule has 3 N–H and O–H groups in total. The molecule has 1 aromatic rings. The fourth-order valence-electron chi connectivity index (χ4n) is 2.11. The third kappa shape index (κ3) is 4.54. The molecule has 0 saturated carbocycles. The van der Waals surface area contributed by atoms with Crippen LogP contribution in [0.3, 0.4) is 0 Å². The van der Waals surface area contributed by atoms with E-state index in [0.717, 1.165) is 12.2 Å². The lowest BCUT2D eigenvalue weighted by Gasteiger charge is -2.29. The minimum atomic E-state index is 0. The first kappa shape index (κ1) is 14.3. The molecular formula is C13H22ClN3. The van der Waals surface area contributed by atoms with Crippen LogP contribution in [0.1, 0.15) is 18.4 Å². The van der Waals surface area contributed by atoms with Crippen molar-refractivity contribution in [1.29, 1.82) is 0 Å². The van der Waals surface area contributed by atoms with Gasteiger partial charge in [0.05, 0.1) is 0 Å². The molecular weight excluding hydrogens is 234 g/mol. The van der Waals surface area contributed by atoms with Crippen LogP contribution in [0.15, 0.2) is 24.3 Å². The number of nitrogens with one attached hydrogen (secondary N) is 1. The number of nitrogen functional groups attached to an aromatic ring is 1. The highest BCUT2D eigenvalue weighted by molar-refractivity contribution is 5.85. The Kier molecular flexibility index (Phi) is 5.75. The lowest BCUT2D eigenvalue weighted by atomic mass is 10.1. The molecule has 96 valence electrons. The van der Waals surface area contributed by atoms with Crippen LogP contribution in [0.2, 0.25) is 0 Å². The zero-order valence-corrected chi connectivity index (χ0v) is 11.2. The van der Waals surface area contributed by atoms with Gasteiger partial charge in [0.2, 0.25) is 0 Å². The van der Waals surface area contributed by atoms with Gasteiger partial charge in [0.1, 0.15) is 0 Å². The summed E-state index contributed by atoms with van der Waals surface area (Å²) in [6.45, 7) is 3.37. The first-order valence-electron chi connectivity index (χ1n) is 6.00. The number of anilines is 1. The number of halogens is 1. The van der Waals surface area contributed by atoms with Crippen LogP contribution in [-0.2, 0) is 6.54 Å². The largest absolute Gasteiger partial charge is 0.399 e. The lowest BCUT2D eigenvalue weighted by Crippen LogP contribution is -2.40. The lowest BCUT2D eigenvalue weighted by molar-refractivity contribution is 0.234. The molecule has 17 heavy (non-hydrogen) atoms. The predicted molar refractivity (Wildman–Crippen MR) is 75.5 cm³/mol. The highest BCUT2D eigenvalue weighted by Gasteiger charge is 2.15. The van der Waals surface area contributed by atoms with Gasteiger partial charge in [-0.2, -0.15) is 0 Å². The zero-order chi connectivity index (χ0) is 11.4. The van der Waals surface area contributed by atoms with E-state index in [0.29, 0.717) is 6.04 Å². The van der Waals surface area contributed by atoms with Crippen molar-refractivity contribution >= 4 is 18.1 Å². The second-order valence-corrected chi connectivity index (χ2v) is 4.70. The van der Waals surface area contributed by atoms with Crippen molar-refractivity contribution in [2.75, 3.05) is 25.9 Å². The molecule has 0 amide bonds. The Morgan fingerprint density at radius 3 is 2.41 bits per heavy atom. The number of nitrogens with two attached hydrogens (primary N) is 1. The highest BCUT2D eigenvalue weighted by Crippen LogP contribution is 2.10. The summed E-state index contributed by atoms with van der Waals surface area (Å²) < 4.78 is 0. The third-order valence-electron chi connectivity index (χ3n) is 3.29. The quantitative estimate of drug-likeness (QED) is 0.811. The van der Waals surface area contributed by atoms with Crippen LogP contribution in [0, 0.1) is 0 Å². The van der Waals surface area contributed by atoms with Crippen LogP contribution in [-0.4, -0.2) is 31.1 Å². The fourth-order valence-corrected chi connectivity index (χ4v) is 2.11. The summed E-state index contributed by atoms with van der Waals surface area (Å²) >= 11 is 0. The van der Waals surface area contributed by atoms with Gasteiger partial charge in [0.15, 0.2) is 0 Å². The van der Waals surface area contributed by atoms with Gasteiger partial charge >= 0.3 is 0 Å². The van der Waals surface area contributed by atoms with Crippen molar-refractivity contribution in [1.82, 2.24) is 10.2 Å². The van der Waals surface area contributed by atoms with E-state index in [1.807, 2.05) is 12.1 Å². The summed E-state index contributed by atoms with van der Waals surface area (Å²) in [4.78, 5) is 2.39. The van der Waals surface area contributed by atoms with Gasteiger partial charge in [0, 0.05) is 18.3 Å². The zero-order valence-electron chi connectivity index (χ0n) is 10.4. The Morgan fingerprint density at radius 1 is 1.24 bits per heavy atom. The van der Waals surface area contributed by atoms with Crippen LogP contribution in [0.4, 0.5) is 5.69 Å². The Morgan fingerprint density at radius 2 is 1.82 bits per heavy atom. The van der Waals surface area contributed by atoms with E-state index in [9.17, 15) is 0 Å². The standard InChI is InChI=1S/C13H21N3.ClH/c1-16-8-6-13(7-9-16)15-10-11-2-4-12(14)5-3-11;/h2-5,13,15H,6-10,14H2,1H3;1H. The monoisotopic (exact) mass is 255 g/mol. The molecule has 2 rings (SSSR count). The molecule has 1 saturated heterocycles. The average Bonchev–Trinajstić information content (AvgIpc) is 2.30. The number of piperidine rings is 1. The van der Waals surface area contributed by atoms with Gasteiger partial charge in [-0.15, -0.1) is 12.4 Å². The summed E-state index contributed by atoms with van der Waals surface area (Å²) in [5, 5.41) is 3.61. The van der Waals surface area contributed by atoms with E-state index in [1.165, 1.54) is 31.5 Å². The number of rotatable bonds is 3. The highest BCUT2D eigenvalue weighted by atomic mass is 35.5. The molecule has 1 aliphatic heterocycles. The normalized spacial score (nSPS) is 17.7. The number of hydrogen-bond acceptors (Lipinski definition) is 3. The van der Waals surface area contributed by atoms with Crippen LogP contribution in [0.25, 0.3) is 0 Å².